The highest BCUT2D eigenvalue weighted by Crippen LogP contribution is 2.25. The first-order valence-electron chi connectivity index (χ1n) is 9.78. The molecule has 3 aromatic rings. The van der Waals surface area contributed by atoms with Gasteiger partial charge >= 0.3 is 0 Å². The number of nitrogens with zero attached hydrogens (tertiary/aromatic N) is 1. The third-order valence-corrected chi connectivity index (χ3v) is 4.76. The van der Waals surface area contributed by atoms with E-state index in [0.717, 1.165) is 22.6 Å². The van der Waals surface area contributed by atoms with Crippen molar-refractivity contribution in [2.45, 2.75) is 20.4 Å². The minimum Gasteiger partial charge on any atom is -0.494 e. The molecule has 0 fully saturated rings. The number of anilines is 1. The Morgan fingerprint density at radius 2 is 1.97 bits per heavy atom. The van der Waals surface area contributed by atoms with Crippen LogP contribution in [0, 0.1) is 12.3 Å². The Hall–Kier alpha value is -3.80. The number of hydrogen-bond acceptors (Lipinski definition) is 5. The van der Waals surface area contributed by atoms with Crippen LogP contribution in [0.3, 0.4) is 0 Å². The van der Waals surface area contributed by atoms with Crippen LogP contribution in [0.4, 0.5) is 5.69 Å². The second-order valence-corrected chi connectivity index (χ2v) is 6.80. The van der Waals surface area contributed by atoms with Crippen molar-refractivity contribution in [3.63, 3.8) is 0 Å². The number of aryl methyl sites for hydroxylation is 1. The first-order valence-corrected chi connectivity index (χ1v) is 9.78. The second-order valence-electron chi connectivity index (χ2n) is 6.80. The SMILES string of the molecule is CCOc1ccc(-n2cc(/C(C=N)=C/N)c(NCc3ccccc3)cc2=O)c(C)c1. The lowest BCUT2D eigenvalue weighted by Crippen LogP contribution is -2.20. The number of rotatable bonds is 8. The van der Waals surface area contributed by atoms with Crippen LogP contribution in [0.25, 0.3) is 11.3 Å². The molecule has 0 amide bonds. The average molecular weight is 402 g/mol. The molecule has 0 aliphatic carbocycles. The number of pyridine rings is 1. The Morgan fingerprint density at radius 3 is 2.60 bits per heavy atom. The van der Waals surface area contributed by atoms with Crippen LogP contribution in [0.2, 0.25) is 0 Å². The number of hydrogen-bond donors (Lipinski definition) is 3. The highest BCUT2D eigenvalue weighted by atomic mass is 16.5. The maximum absolute atomic E-state index is 13.0. The fraction of sp³-hybridized carbons (Fsp3) is 0.167. The number of benzene rings is 2. The molecule has 0 saturated heterocycles. The van der Waals surface area contributed by atoms with E-state index >= 15 is 0 Å². The van der Waals surface area contributed by atoms with E-state index in [1.165, 1.54) is 12.4 Å². The van der Waals surface area contributed by atoms with Gasteiger partial charge in [-0.05, 0) is 43.2 Å². The van der Waals surface area contributed by atoms with Gasteiger partial charge in [-0.3, -0.25) is 9.36 Å². The van der Waals surface area contributed by atoms with Crippen molar-refractivity contribution in [2.75, 3.05) is 11.9 Å². The van der Waals surface area contributed by atoms with E-state index < -0.39 is 0 Å². The zero-order valence-corrected chi connectivity index (χ0v) is 17.2. The molecule has 1 aromatic heterocycles. The van der Waals surface area contributed by atoms with Gasteiger partial charge in [0, 0.05) is 48.0 Å². The number of nitrogens with two attached hydrogens (primary N) is 1. The molecule has 2 aromatic carbocycles. The Morgan fingerprint density at radius 1 is 1.20 bits per heavy atom. The van der Waals surface area contributed by atoms with E-state index in [1.54, 1.807) is 16.8 Å². The highest BCUT2D eigenvalue weighted by Gasteiger charge is 2.13. The first kappa shape index (κ1) is 20.9. The van der Waals surface area contributed by atoms with E-state index in [9.17, 15) is 4.79 Å². The standard InChI is InChI=1S/C24H26N4O2/c1-3-30-20-9-10-23(17(2)11-20)28-16-21(19(13-25)14-26)22(12-24(28)29)27-15-18-7-5-4-6-8-18/h4-14,16,25,27H,3,15,26H2,1-2H3/b19-14+,25-13?. The van der Waals surface area contributed by atoms with Crippen LogP contribution in [0.5, 0.6) is 5.75 Å². The van der Waals surface area contributed by atoms with E-state index in [4.69, 9.17) is 15.9 Å². The maximum Gasteiger partial charge on any atom is 0.257 e. The van der Waals surface area contributed by atoms with Crippen LogP contribution in [0.15, 0.2) is 71.8 Å². The summed E-state index contributed by atoms with van der Waals surface area (Å²) in [6, 6.07) is 17.1. The topological polar surface area (TPSA) is 93.1 Å². The third kappa shape index (κ3) is 4.60. The van der Waals surface area contributed by atoms with Gasteiger partial charge < -0.3 is 21.2 Å². The zero-order valence-electron chi connectivity index (χ0n) is 17.2. The fourth-order valence-electron chi connectivity index (χ4n) is 3.26. The van der Waals surface area contributed by atoms with Crippen LogP contribution in [-0.2, 0) is 6.54 Å². The Kier molecular flexibility index (Phi) is 6.70. The van der Waals surface area contributed by atoms with Gasteiger partial charge in [0.2, 0.25) is 0 Å². The summed E-state index contributed by atoms with van der Waals surface area (Å²) in [5, 5.41) is 11.0. The van der Waals surface area contributed by atoms with Crippen LogP contribution < -0.4 is 21.3 Å². The van der Waals surface area contributed by atoms with Gasteiger partial charge in [-0.2, -0.15) is 0 Å². The van der Waals surface area contributed by atoms with Crippen molar-refractivity contribution >= 4 is 17.5 Å². The molecule has 0 saturated carbocycles. The van der Waals surface area contributed by atoms with Gasteiger partial charge in [-0.15, -0.1) is 0 Å². The average Bonchev–Trinajstić information content (AvgIpc) is 2.75. The maximum atomic E-state index is 13.0. The summed E-state index contributed by atoms with van der Waals surface area (Å²) in [5.74, 6) is 0.759. The summed E-state index contributed by atoms with van der Waals surface area (Å²) in [5.41, 5.74) is 10.1. The number of allylic oxidation sites excluding steroid dienone is 1. The largest absolute Gasteiger partial charge is 0.494 e. The molecular formula is C24H26N4O2. The minimum absolute atomic E-state index is 0.178. The van der Waals surface area contributed by atoms with Crippen molar-refractivity contribution in [2.24, 2.45) is 5.73 Å². The monoisotopic (exact) mass is 402 g/mol. The molecule has 4 N–H and O–H groups in total. The summed E-state index contributed by atoms with van der Waals surface area (Å²) < 4.78 is 7.12. The summed E-state index contributed by atoms with van der Waals surface area (Å²) in [7, 11) is 0. The first-order chi connectivity index (χ1) is 14.6. The molecule has 1 heterocycles. The normalized spacial score (nSPS) is 11.2. The fourth-order valence-corrected chi connectivity index (χ4v) is 3.26. The summed E-state index contributed by atoms with van der Waals surface area (Å²) in [4.78, 5) is 13.0. The molecule has 0 bridgehead atoms. The molecular weight excluding hydrogens is 376 g/mol. The number of aromatic nitrogens is 1. The minimum atomic E-state index is -0.178. The Labute approximate surface area is 176 Å². The molecule has 6 heteroatoms. The number of nitrogens with one attached hydrogen (secondary N) is 2. The zero-order chi connectivity index (χ0) is 21.5. The number of ether oxygens (including phenoxy) is 1. The van der Waals surface area contributed by atoms with Crippen LogP contribution in [-0.4, -0.2) is 17.4 Å². The van der Waals surface area contributed by atoms with Gasteiger partial charge in [0.25, 0.3) is 5.56 Å². The van der Waals surface area contributed by atoms with E-state index in [0.29, 0.717) is 30.0 Å². The second kappa shape index (κ2) is 9.60. The summed E-state index contributed by atoms with van der Waals surface area (Å²) in [6.45, 7) is 4.99. The Bertz CT molecular complexity index is 1120. The van der Waals surface area contributed by atoms with Gasteiger partial charge in [-0.1, -0.05) is 30.3 Å². The highest BCUT2D eigenvalue weighted by molar-refractivity contribution is 6.10. The molecule has 154 valence electrons. The Balaban J connectivity index is 2.05. The van der Waals surface area contributed by atoms with Crippen LogP contribution in [0.1, 0.15) is 23.6 Å². The molecule has 0 radical (unpaired) electrons. The predicted octanol–water partition coefficient (Wildman–Crippen LogP) is 4.11. The predicted molar refractivity (Wildman–Crippen MR) is 123 cm³/mol. The summed E-state index contributed by atoms with van der Waals surface area (Å²) >= 11 is 0. The van der Waals surface area contributed by atoms with Crippen molar-refractivity contribution in [3.05, 3.63) is 94.0 Å². The molecule has 6 nitrogen and oxygen atoms in total. The lowest BCUT2D eigenvalue weighted by molar-refractivity contribution is 0.340. The third-order valence-electron chi connectivity index (χ3n) is 4.76. The van der Waals surface area contributed by atoms with Crippen molar-refractivity contribution in [1.82, 2.24) is 4.57 Å². The lowest BCUT2D eigenvalue weighted by atomic mass is 10.1. The molecule has 0 spiro atoms. The molecule has 0 atom stereocenters. The van der Waals surface area contributed by atoms with Crippen molar-refractivity contribution < 1.29 is 4.74 Å². The molecule has 0 aliphatic heterocycles. The van der Waals surface area contributed by atoms with Crippen LogP contribution >= 0.6 is 0 Å². The van der Waals surface area contributed by atoms with E-state index in [-0.39, 0.29) is 5.56 Å². The van der Waals surface area contributed by atoms with Gasteiger partial charge in [-0.25, -0.2) is 0 Å². The van der Waals surface area contributed by atoms with Gasteiger partial charge in [0.15, 0.2) is 0 Å². The van der Waals surface area contributed by atoms with Gasteiger partial charge in [0.05, 0.1) is 12.3 Å². The smallest absolute Gasteiger partial charge is 0.257 e. The molecule has 30 heavy (non-hydrogen) atoms. The molecule has 3 rings (SSSR count). The van der Waals surface area contributed by atoms with Crippen molar-refractivity contribution in [1.29, 1.82) is 5.41 Å². The van der Waals surface area contributed by atoms with E-state index in [2.05, 4.69) is 5.32 Å². The van der Waals surface area contributed by atoms with E-state index in [1.807, 2.05) is 62.4 Å². The quantitative estimate of drug-likeness (QED) is 0.495. The summed E-state index contributed by atoms with van der Waals surface area (Å²) in [6.07, 6.45) is 4.28. The van der Waals surface area contributed by atoms with Crippen molar-refractivity contribution in [3.8, 4) is 11.4 Å². The lowest BCUT2D eigenvalue weighted by Gasteiger charge is -2.17. The molecule has 0 unspecified atom stereocenters. The van der Waals surface area contributed by atoms with Gasteiger partial charge in [0.1, 0.15) is 5.75 Å². The molecule has 0 aliphatic rings.